The molecule has 4 fully saturated rings. The van der Waals surface area contributed by atoms with Crippen molar-refractivity contribution in [3.05, 3.63) is 49.6 Å². The van der Waals surface area contributed by atoms with E-state index in [1.165, 1.54) is 0 Å². The second-order valence-corrected chi connectivity index (χ2v) is 13.3. The highest BCUT2D eigenvalue weighted by molar-refractivity contribution is 6.03. The van der Waals surface area contributed by atoms with Gasteiger partial charge in [-0.05, 0) is 69.7 Å². The summed E-state index contributed by atoms with van der Waals surface area (Å²) in [7, 11) is 0. The summed E-state index contributed by atoms with van der Waals surface area (Å²) >= 11 is 0. The molecule has 5 atom stereocenters. The van der Waals surface area contributed by atoms with E-state index >= 15 is 0 Å². The van der Waals surface area contributed by atoms with Crippen molar-refractivity contribution in [1.29, 1.82) is 0 Å². The van der Waals surface area contributed by atoms with E-state index in [1.807, 2.05) is 38.1 Å². The Labute approximate surface area is 285 Å². The van der Waals surface area contributed by atoms with Crippen LogP contribution in [0.25, 0.3) is 0 Å². The van der Waals surface area contributed by atoms with Crippen LogP contribution in [-0.2, 0) is 23.9 Å². The van der Waals surface area contributed by atoms with Crippen LogP contribution in [0.3, 0.4) is 0 Å². The van der Waals surface area contributed by atoms with E-state index in [4.69, 9.17) is 14.2 Å². The first-order valence-electron chi connectivity index (χ1n) is 17.8. The summed E-state index contributed by atoms with van der Waals surface area (Å²) in [5.74, 6) is -1.37. The lowest BCUT2D eigenvalue weighted by molar-refractivity contribution is -0.152. The average Bonchev–Trinajstić information content (AvgIpc) is 3.71. The lowest BCUT2D eigenvalue weighted by Gasteiger charge is -2.37. The number of hydrogen-bond acceptors (Lipinski definition) is 8. The summed E-state index contributed by atoms with van der Waals surface area (Å²) in [4.78, 5) is 51.8. The molecule has 2 unspecified atom stereocenters. The Morgan fingerprint density at radius 2 is 1.75 bits per heavy atom. The van der Waals surface area contributed by atoms with Gasteiger partial charge in [0.15, 0.2) is 0 Å². The fourth-order valence-corrected chi connectivity index (χ4v) is 8.40. The molecule has 48 heavy (non-hydrogen) atoms. The summed E-state index contributed by atoms with van der Waals surface area (Å²) in [6.07, 6.45) is 7.06. The van der Waals surface area contributed by atoms with Crippen molar-refractivity contribution in [3.63, 3.8) is 0 Å². The van der Waals surface area contributed by atoms with Crippen molar-refractivity contribution in [2.45, 2.75) is 69.6 Å². The van der Waals surface area contributed by atoms with Gasteiger partial charge in [0, 0.05) is 58.1 Å². The number of amides is 3. The molecule has 0 aromatic heterocycles. The number of ether oxygens (including phenoxy) is 3. The maximum Gasteiger partial charge on any atom is 0.248 e. The Morgan fingerprint density at radius 3 is 2.40 bits per heavy atom. The zero-order valence-electron chi connectivity index (χ0n) is 28.8. The Kier molecular flexibility index (Phi) is 12.0. The van der Waals surface area contributed by atoms with Crippen LogP contribution in [0, 0.1) is 11.8 Å². The van der Waals surface area contributed by atoms with Crippen LogP contribution in [0.4, 0.5) is 5.69 Å². The van der Waals surface area contributed by atoms with E-state index in [-0.39, 0.29) is 30.9 Å². The Bertz CT molecular complexity index is 1300. The minimum absolute atomic E-state index is 0.0704. The molecule has 1 aromatic rings. The number of carbonyl (C=O) groups is 3. The van der Waals surface area contributed by atoms with Crippen LogP contribution in [-0.4, -0.2) is 127 Å². The highest BCUT2D eigenvalue weighted by Gasteiger charge is 2.79. The largest absolute Gasteiger partial charge is 0.494 e. The van der Waals surface area contributed by atoms with Gasteiger partial charge in [0.2, 0.25) is 17.7 Å². The highest BCUT2D eigenvalue weighted by Crippen LogP contribution is 2.64. The first-order chi connectivity index (χ1) is 23.3. The standard InChI is InChI=1S/C37H54N4O7/c1-5-18-39(22-21-38-23-26-46-27-24-38)35(45)32-37-17-16-36(7-3,48-37)30(31(37)34(44)41(32)20-10-9-11-25-42)33(43)40(19-6-2)28-12-14-29(15-13-28)47-8-4/h5-6,12-15,30-32,42H,1-2,7-11,16-27H2,3-4H3/t30-,31-,32?,36+,37?/m0/s1. The molecule has 264 valence electrons. The summed E-state index contributed by atoms with van der Waals surface area (Å²) < 4.78 is 18.2. The quantitative estimate of drug-likeness (QED) is 0.188. The summed E-state index contributed by atoms with van der Waals surface area (Å²) in [6.45, 7) is 17.5. The molecule has 0 radical (unpaired) electrons. The van der Waals surface area contributed by atoms with E-state index in [0.29, 0.717) is 89.5 Å². The zero-order valence-corrected chi connectivity index (χ0v) is 28.8. The molecule has 0 saturated carbocycles. The van der Waals surface area contributed by atoms with Crippen LogP contribution in [0.1, 0.15) is 52.4 Å². The molecule has 11 heteroatoms. The number of aliphatic hydroxyl groups is 1. The lowest BCUT2D eigenvalue weighted by Crippen LogP contribution is -2.57. The van der Waals surface area contributed by atoms with E-state index in [9.17, 15) is 19.5 Å². The van der Waals surface area contributed by atoms with Gasteiger partial charge in [0.05, 0.1) is 37.3 Å². The SMILES string of the molecule is C=CCN(CCN1CCOCC1)C(=O)C1N(CCCCCO)C(=O)[C@@H]2[C@@H](C(=O)N(CC=C)c3ccc(OCC)cc3)[C@@]3(CC)CCC12O3. The smallest absolute Gasteiger partial charge is 0.248 e. The molecule has 4 heterocycles. The summed E-state index contributed by atoms with van der Waals surface area (Å²) in [6, 6.07) is 6.54. The summed E-state index contributed by atoms with van der Waals surface area (Å²) in [5.41, 5.74) is -1.29. The van der Waals surface area contributed by atoms with Crippen LogP contribution < -0.4 is 9.64 Å². The molecule has 4 saturated heterocycles. The molecule has 0 aliphatic carbocycles. The summed E-state index contributed by atoms with van der Waals surface area (Å²) in [5, 5.41) is 9.41. The van der Waals surface area contributed by atoms with Gasteiger partial charge in [0.1, 0.15) is 17.4 Å². The van der Waals surface area contributed by atoms with Gasteiger partial charge in [-0.1, -0.05) is 19.1 Å². The molecular formula is C37H54N4O7. The topological polar surface area (TPSA) is 112 Å². The first kappa shape index (κ1) is 36.0. The molecule has 5 rings (SSSR count). The average molecular weight is 667 g/mol. The van der Waals surface area contributed by atoms with Gasteiger partial charge >= 0.3 is 0 Å². The number of nitrogens with zero attached hydrogens (tertiary/aromatic N) is 4. The highest BCUT2D eigenvalue weighted by atomic mass is 16.5. The fraction of sp³-hybridized carbons (Fsp3) is 0.649. The van der Waals surface area contributed by atoms with Crippen molar-refractivity contribution in [2.75, 3.05) is 77.1 Å². The van der Waals surface area contributed by atoms with Crippen molar-refractivity contribution in [1.82, 2.24) is 14.7 Å². The number of likely N-dealkylation sites (tertiary alicyclic amines) is 1. The van der Waals surface area contributed by atoms with Crippen molar-refractivity contribution in [2.24, 2.45) is 11.8 Å². The Balaban J connectivity index is 1.50. The fourth-order valence-electron chi connectivity index (χ4n) is 8.40. The molecule has 1 aromatic carbocycles. The molecular weight excluding hydrogens is 612 g/mol. The molecule has 4 aliphatic heterocycles. The van der Waals surface area contributed by atoms with Gasteiger partial charge in [-0.15, -0.1) is 13.2 Å². The van der Waals surface area contributed by atoms with E-state index in [0.717, 1.165) is 19.5 Å². The van der Waals surface area contributed by atoms with Gasteiger partial charge in [-0.3, -0.25) is 19.3 Å². The predicted octanol–water partition coefficient (Wildman–Crippen LogP) is 3.27. The number of hydrogen-bond donors (Lipinski definition) is 1. The monoisotopic (exact) mass is 666 g/mol. The third-order valence-corrected chi connectivity index (χ3v) is 10.7. The van der Waals surface area contributed by atoms with Crippen LogP contribution in [0.2, 0.25) is 0 Å². The number of morpholine rings is 1. The lowest BCUT2D eigenvalue weighted by atomic mass is 9.64. The zero-order chi connectivity index (χ0) is 34.3. The van der Waals surface area contributed by atoms with Crippen LogP contribution >= 0.6 is 0 Å². The molecule has 1 N–H and O–H groups in total. The third kappa shape index (κ3) is 6.79. The Hall–Kier alpha value is -3.25. The number of anilines is 1. The molecule has 2 bridgehead atoms. The Morgan fingerprint density at radius 1 is 1.02 bits per heavy atom. The normalized spacial score (nSPS) is 27.9. The number of rotatable bonds is 18. The van der Waals surface area contributed by atoms with Crippen LogP contribution in [0.5, 0.6) is 5.75 Å². The van der Waals surface area contributed by atoms with E-state index in [2.05, 4.69) is 18.1 Å². The number of benzene rings is 1. The van der Waals surface area contributed by atoms with E-state index < -0.39 is 29.1 Å². The van der Waals surface area contributed by atoms with Gasteiger partial charge in [-0.2, -0.15) is 0 Å². The number of carbonyl (C=O) groups excluding carboxylic acids is 3. The number of fused-ring (bicyclic) bond motifs is 1. The number of unbranched alkanes of at least 4 members (excludes halogenated alkanes) is 2. The van der Waals surface area contributed by atoms with Crippen molar-refractivity contribution in [3.8, 4) is 5.75 Å². The second kappa shape index (κ2) is 16.0. The molecule has 1 spiro atoms. The third-order valence-electron chi connectivity index (χ3n) is 10.7. The second-order valence-electron chi connectivity index (χ2n) is 13.3. The maximum atomic E-state index is 14.8. The molecule has 4 aliphatic rings. The molecule has 11 nitrogen and oxygen atoms in total. The minimum Gasteiger partial charge on any atom is -0.494 e. The van der Waals surface area contributed by atoms with Gasteiger partial charge in [0.25, 0.3) is 0 Å². The minimum atomic E-state index is -1.11. The van der Waals surface area contributed by atoms with Crippen LogP contribution in [0.15, 0.2) is 49.6 Å². The predicted molar refractivity (Wildman–Crippen MR) is 184 cm³/mol. The number of aliphatic hydroxyl groups excluding tert-OH is 1. The van der Waals surface area contributed by atoms with Crippen molar-refractivity contribution >= 4 is 23.4 Å². The first-order valence-corrected chi connectivity index (χ1v) is 17.8. The van der Waals surface area contributed by atoms with E-state index in [1.54, 1.807) is 26.9 Å². The van der Waals surface area contributed by atoms with Crippen molar-refractivity contribution < 1.29 is 33.7 Å². The van der Waals surface area contributed by atoms with Gasteiger partial charge in [-0.25, -0.2) is 0 Å². The maximum absolute atomic E-state index is 14.8. The van der Waals surface area contributed by atoms with Gasteiger partial charge < -0.3 is 34.0 Å². The molecule has 3 amide bonds.